The Kier molecular flexibility index (Phi) is 4.86. The highest BCUT2D eigenvalue weighted by Gasteiger charge is 2.43. The molecule has 0 radical (unpaired) electrons. The fraction of sp³-hybridized carbons (Fsp3) is 0.812. The van der Waals surface area contributed by atoms with Crippen LogP contribution in [0.25, 0.3) is 0 Å². The molecule has 1 aliphatic rings. The van der Waals surface area contributed by atoms with Gasteiger partial charge in [0.15, 0.2) is 0 Å². The van der Waals surface area contributed by atoms with Crippen molar-refractivity contribution in [2.45, 2.75) is 64.1 Å². The maximum absolute atomic E-state index is 6.70. The molecule has 20 heavy (non-hydrogen) atoms. The van der Waals surface area contributed by atoms with Gasteiger partial charge in [0.25, 0.3) is 0 Å². The molecule has 2 N–H and O–H groups in total. The summed E-state index contributed by atoms with van der Waals surface area (Å²) in [6, 6.07) is -0.00782. The molecule has 1 fully saturated rings. The van der Waals surface area contributed by atoms with Crippen LogP contribution in [0.3, 0.4) is 0 Å². The van der Waals surface area contributed by atoms with Crippen molar-refractivity contribution in [3.63, 3.8) is 0 Å². The molecule has 0 spiro atoms. The lowest BCUT2D eigenvalue weighted by atomic mass is 9.72. The molecule has 1 aromatic rings. The highest BCUT2D eigenvalue weighted by molar-refractivity contribution is 5.11. The van der Waals surface area contributed by atoms with E-state index in [0.29, 0.717) is 0 Å². The first-order valence-corrected chi connectivity index (χ1v) is 7.95. The molecule has 1 unspecified atom stereocenters. The van der Waals surface area contributed by atoms with Crippen molar-refractivity contribution in [3.8, 4) is 0 Å². The van der Waals surface area contributed by atoms with E-state index in [2.05, 4.69) is 48.6 Å². The lowest BCUT2D eigenvalue weighted by molar-refractivity contribution is 0.0525. The minimum atomic E-state index is -0.00782. The van der Waals surface area contributed by atoms with Crippen LogP contribution in [0.1, 0.15) is 57.8 Å². The molecular weight excluding hydrogens is 248 g/mol. The van der Waals surface area contributed by atoms with Crippen LogP contribution in [0.15, 0.2) is 12.4 Å². The van der Waals surface area contributed by atoms with Gasteiger partial charge < -0.3 is 15.2 Å². The Morgan fingerprint density at radius 3 is 2.65 bits per heavy atom. The molecule has 1 aromatic heterocycles. The number of likely N-dealkylation sites (N-methyl/N-ethyl adjacent to an activating group) is 1. The highest BCUT2D eigenvalue weighted by Crippen LogP contribution is 2.42. The Balaban J connectivity index is 2.27. The van der Waals surface area contributed by atoms with E-state index in [-0.39, 0.29) is 11.6 Å². The van der Waals surface area contributed by atoms with Crippen molar-refractivity contribution in [1.29, 1.82) is 0 Å². The molecule has 1 heterocycles. The fourth-order valence-corrected chi connectivity index (χ4v) is 3.57. The van der Waals surface area contributed by atoms with Crippen LogP contribution < -0.4 is 5.73 Å². The summed E-state index contributed by atoms with van der Waals surface area (Å²) >= 11 is 0. The lowest BCUT2D eigenvalue weighted by Crippen LogP contribution is -2.54. The Labute approximate surface area is 123 Å². The Hall–Kier alpha value is -0.870. The summed E-state index contributed by atoms with van der Waals surface area (Å²) in [4.78, 5) is 6.91. The van der Waals surface area contributed by atoms with Crippen LogP contribution in [0.5, 0.6) is 0 Å². The molecule has 0 amide bonds. The van der Waals surface area contributed by atoms with Crippen LogP contribution in [-0.4, -0.2) is 34.1 Å². The molecule has 0 saturated heterocycles. The maximum atomic E-state index is 6.70. The molecule has 0 aromatic carbocycles. The molecule has 0 bridgehead atoms. The number of hydrogen-bond acceptors (Lipinski definition) is 3. The minimum absolute atomic E-state index is 0.00782. The third-order valence-corrected chi connectivity index (χ3v) is 5.10. The number of rotatable bonds is 5. The van der Waals surface area contributed by atoms with Crippen molar-refractivity contribution in [3.05, 3.63) is 18.2 Å². The van der Waals surface area contributed by atoms with E-state index in [0.717, 1.165) is 24.7 Å². The normalized spacial score (nSPS) is 28.8. The second kappa shape index (κ2) is 6.27. The summed E-state index contributed by atoms with van der Waals surface area (Å²) in [5.41, 5.74) is 6.76. The monoisotopic (exact) mass is 278 g/mol. The Morgan fingerprint density at radius 1 is 1.45 bits per heavy atom. The highest BCUT2D eigenvalue weighted by atomic mass is 15.2. The Morgan fingerprint density at radius 2 is 2.10 bits per heavy atom. The lowest BCUT2D eigenvalue weighted by Gasteiger charge is -2.48. The van der Waals surface area contributed by atoms with Gasteiger partial charge >= 0.3 is 0 Å². The van der Waals surface area contributed by atoms with Crippen LogP contribution in [-0.2, 0) is 6.54 Å². The predicted octanol–water partition coefficient (Wildman–Crippen LogP) is 2.80. The number of imidazole rings is 1. The van der Waals surface area contributed by atoms with Crippen molar-refractivity contribution >= 4 is 0 Å². The first-order chi connectivity index (χ1) is 9.51. The molecule has 0 aliphatic heterocycles. The first-order valence-electron chi connectivity index (χ1n) is 7.95. The number of aryl methyl sites for hydroxylation is 1. The van der Waals surface area contributed by atoms with E-state index in [1.54, 1.807) is 0 Å². The van der Waals surface area contributed by atoms with Crippen LogP contribution in [0.4, 0.5) is 0 Å². The number of nitrogens with zero attached hydrogens (tertiary/aromatic N) is 3. The number of aromatic nitrogens is 2. The van der Waals surface area contributed by atoms with Gasteiger partial charge in [-0.3, -0.25) is 0 Å². The smallest absolute Gasteiger partial charge is 0.127 e. The van der Waals surface area contributed by atoms with Gasteiger partial charge in [-0.1, -0.05) is 13.8 Å². The fourth-order valence-electron chi connectivity index (χ4n) is 3.57. The van der Waals surface area contributed by atoms with E-state index >= 15 is 0 Å². The van der Waals surface area contributed by atoms with E-state index < -0.39 is 0 Å². The van der Waals surface area contributed by atoms with Gasteiger partial charge in [-0.15, -0.1) is 0 Å². The molecule has 114 valence electrons. The van der Waals surface area contributed by atoms with Gasteiger partial charge in [-0.25, -0.2) is 4.98 Å². The summed E-state index contributed by atoms with van der Waals surface area (Å²) in [5, 5.41) is 0. The summed E-state index contributed by atoms with van der Waals surface area (Å²) in [7, 11) is 4.34. The number of nitrogens with two attached hydrogens (primary N) is 1. The summed E-state index contributed by atoms with van der Waals surface area (Å²) < 4.78 is 2.23. The van der Waals surface area contributed by atoms with Gasteiger partial charge in [0, 0.05) is 24.5 Å². The van der Waals surface area contributed by atoms with Crippen molar-refractivity contribution in [1.82, 2.24) is 14.5 Å². The molecule has 2 rings (SSSR count). The predicted molar refractivity (Wildman–Crippen MR) is 83.5 cm³/mol. The molecule has 4 nitrogen and oxygen atoms in total. The van der Waals surface area contributed by atoms with Crippen molar-refractivity contribution in [2.24, 2.45) is 11.7 Å². The average molecular weight is 278 g/mol. The Bertz CT molecular complexity index is 416. The number of hydrogen-bond donors (Lipinski definition) is 1. The van der Waals surface area contributed by atoms with Crippen LogP contribution in [0, 0.1) is 5.92 Å². The minimum Gasteiger partial charge on any atom is -0.334 e. The van der Waals surface area contributed by atoms with Crippen LogP contribution in [0.2, 0.25) is 0 Å². The van der Waals surface area contributed by atoms with E-state index in [4.69, 9.17) is 5.73 Å². The molecule has 1 saturated carbocycles. The zero-order chi connectivity index (χ0) is 14.8. The summed E-state index contributed by atoms with van der Waals surface area (Å²) in [6.45, 7) is 5.55. The zero-order valence-corrected chi connectivity index (χ0v) is 13.5. The topological polar surface area (TPSA) is 47.1 Å². The van der Waals surface area contributed by atoms with Crippen LogP contribution >= 0.6 is 0 Å². The van der Waals surface area contributed by atoms with E-state index in [1.165, 1.54) is 25.7 Å². The summed E-state index contributed by atoms with van der Waals surface area (Å²) in [6.07, 6.45) is 9.93. The average Bonchev–Trinajstić information content (AvgIpc) is 2.87. The van der Waals surface area contributed by atoms with Gasteiger partial charge in [-0.2, -0.15) is 0 Å². The first kappa shape index (κ1) is 15.5. The van der Waals surface area contributed by atoms with Gasteiger partial charge in [-0.05, 0) is 52.1 Å². The standard InChI is InChI=1S/C16H30N4/c1-5-11-20-12-10-18-15(20)14(17)16(19(3)4)8-6-13(2)7-9-16/h10,12-14H,5-9,11,17H2,1-4H3. The SMILES string of the molecule is CCCn1ccnc1C(N)C1(N(C)C)CCC(C)CC1. The van der Waals surface area contributed by atoms with Gasteiger partial charge in [0.1, 0.15) is 5.82 Å². The van der Waals surface area contributed by atoms with E-state index in [9.17, 15) is 0 Å². The van der Waals surface area contributed by atoms with Crippen molar-refractivity contribution < 1.29 is 0 Å². The zero-order valence-electron chi connectivity index (χ0n) is 13.5. The largest absolute Gasteiger partial charge is 0.334 e. The maximum Gasteiger partial charge on any atom is 0.127 e. The quantitative estimate of drug-likeness (QED) is 0.901. The molecule has 4 heteroatoms. The summed E-state index contributed by atoms with van der Waals surface area (Å²) in [5.74, 6) is 1.88. The van der Waals surface area contributed by atoms with Crippen molar-refractivity contribution in [2.75, 3.05) is 14.1 Å². The second-order valence-corrected chi connectivity index (χ2v) is 6.64. The van der Waals surface area contributed by atoms with Gasteiger partial charge in [0.2, 0.25) is 0 Å². The molecule has 1 aliphatic carbocycles. The van der Waals surface area contributed by atoms with E-state index in [1.807, 2.05) is 6.20 Å². The second-order valence-electron chi connectivity index (χ2n) is 6.64. The third kappa shape index (κ3) is 2.77. The molecule has 1 atom stereocenters. The van der Waals surface area contributed by atoms with Gasteiger partial charge in [0.05, 0.1) is 6.04 Å². The third-order valence-electron chi connectivity index (χ3n) is 5.10. The molecular formula is C16H30N4.